The van der Waals surface area contributed by atoms with Gasteiger partial charge in [0.2, 0.25) is 0 Å². The standard InChI is InChI=1S/C24H25F3IN3O7S/c1-22(2,3)37-20(32)19-17-13(29-30-19)11-12-14(18(17)28)31(21(33)38-23(4,5)6)39(34,35)16-10-8-7-9-15(16)36-24(25,26)27/h7-12H,1-6H3,(H,29,30). The van der Waals surface area contributed by atoms with Gasteiger partial charge in [-0.2, -0.15) is 9.40 Å². The summed E-state index contributed by atoms with van der Waals surface area (Å²) in [7, 11) is -5.08. The molecule has 15 heteroatoms. The Hall–Kier alpha value is -3.08. The van der Waals surface area contributed by atoms with Crippen LogP contribution in [0.4, 0.5) is 23.7 Å². The number of alkyl halides is 3. The Kier molecular flexibility index (Phi) is 8.18. The van der Waals surface area contributed by atoms with Gasteiger partial charge in [-0.15, -0.1) is 13.2 Å². The molecule has 0 aliphatic rings. The van der Waals surface area contributed by atoms with Crippen LogP contribution in [0.3, 0.4) is 0 Å². The second-order valence-electron chi connectivity index (χ2n) is 10.1. The number of halogens is 4. The fourth-order valence-corrected chi connectivity index (χ4v) is 5.88. The quantitative estimate of drug-likeness (QED) is 0.251. The van der Waals surface area contributed by atoms with Gasteiger partial charge in [0.25, 0.3) is 10.0 Å². The molecule has 1 aromatic heterocycles. The van der Waals surface area contributed by atoms with Crippen LogP contribution >= 0.6 is 22.6 Å². The molecule has 0 radical (unpaired) electrons. The summed E-state index contributed by atoms with van der Waals surface area (Å²) < 4.78 is 81.9. The van der Waals surface area contributed by atoms with Gasteiger partial charge in [-0.25, -0.2) is 18.0 Å². The lowest BCUT2D eigenvalue weighted by Gasteiger charge is -2.28. The van der Waals surface area contributed by atoms with Crippen molar-refractivity contribution in [2.75, 3.05) is 4.31 Å². The largest absolute Gasteiger partial charge is 0.573 e. The van der Waals surface area contributed by atoms with E-state index in [9.17, 15) is 31.2 Å². The van der Waals surface area contributed by atoms with E-state index in [1.165, 1.54) is 39.0 Å². The molecule has 3 aromatic rings. The molecule has 212 valence electrons. The zero-order valence-corrected chi connectivity index (χ0v) is 24.6. The van der Waals surface area contributed by atoms with Crippen LogP contribution in [0, 0.1) is 3.57 Å². The predicted octanol–water partition coefficient (Wildman–Crippen LogP) is 6.15. The van der Waals surface area contributed by atoms with Gasteiger partial charge in [0.15, 0.2) is 5.69 Å². The zero-order chi connectivity index (χ0) is 29.6. The molecule has 0 spiro atoms. The van der Waals surface area contributed by atoms with E-state index in [-0.39, 0.29) is 24.6 Å². The van der Waals surface area contributed by atoms with Crippen LogP contribution in [0.25, 0.3) is 10.9 Å². The first kappa shape index (κ1) is 30.5. The molecule has 0 aliphatic heterocycles. The number of H-pyrrole nitrogens is 1. The van der Waals surface area contributed by atoms with Gasteiger partial charge >= 0.3 is 18.4 Å². The third kappa shape index (κ3) is 7.12. The number of nitrogens with zero attached hydrogens (tertiary/aromatic N) is 2. The Morgan fingerprint density at radius 1 is 0.949 bits per heavy atom. The van der Waals surface area contributed by atoms with Crippen LogP contribution in [0.1, 0.15) is 52.0 Å². The van der Waals surface area contributed by atoms with Crippen LogP contribution in [0.15, 0.2) is 41.3 Å². The Bertz CT molecular complexity index is 1520. The molecule has 0 unspecified atom stereocenters. The number of hydrogen-bond donors (Lipinski definition) is 1. The molecular formula is C24H25F3IN3O7S. The zero-order valence-electron chi connectivity index (χ0n) is 21.6. The molecule has 0 saturated heterocycles. The lowest BCUT2D eigenvalue weighted by molar-refractivity contribution is -0.275. The summed E-state index contributed by atoms with van der Waals surface area (Å²) >= 11 is 1.71. The number of benzene rings is 2. The van der Waals surface area contributed by atoms with Crippen molar-refractivity contribution < 1.29 is 45.4 Å². The Balaban J connectivity index is 2.29. The monoisotopic (exact) mass is 683 g/mol. The number of rotatable bonds is 5. The number of ether oxygens (including phenoxy) is 3. The molecule has 1 N–H and O–H groups in total. The van der Waals surface area contributed by atoms with Crippen LogP contribution in [-0.4, -0.2) is 48.2 Å². The summed E-state index contributed by atoms with van der Waals surface area (Å²) in [4.78, 5) is 25.2. The van der Waals surface area contributed by atoms with Crippen molar-refractivity contribution in [2.45, 2.75) is 64.0 Å². The highest BCUT2D eigenvalue weighted by Crippen LogP contribution is 2.38. The fourth-order valence-electron chi connectivity index (χ4n) is 3.29. The average Bonchev–Trinajstić information content (AvgIpc) is 3.17. The topological polar surface area (TPSA) is 128 Å². The van der Waals surface area contributed by atoms with E-state index in [0.29, 0.717) is 5.52 Å². The third-order valence-corrected chi connectivity index (χ3v) is 7.42. The van der Waals surface area contributed by atoms with E-state index in [2.05, 4.69) is 14.9 Å². The minimum absolute atomic E-state index is 0.0587. The van der Waals surface area contributed by atoms with Gasteiger partial charge in [-0.05, 0) is 88.4 Å². The van der Waals surface area contributed by atoms with Gasteiger partial charge in [0.05, 0.1) is 16.6 Å². The van der Waals surface area contributed by atoms with E-state index in [4.69, 9.17) is 9.47 Å². The van der Waals surface area contributed by atoms with Crippen molar-refractivity contribution in [1.82, 2.24) is 10.2 Å². The molecule has 0 saturated carbocycles. The molecule has 0 atom stereocenters. The minimum atomic E-state index is -5.21. The first-order valence-corrected chi connectivity index (χ1v) is 13.8. The normalized spacial score (nSPS) is 12.8. The SMILES string of the molecule is CC(C)(C)OC(=O)c1n[nH]c2ccc(N(C(=O)OC(C)(C)C)S(=O)(=O)c3ccccc3OC(F)(F)F)c(I)c12. The molecule has 0 aliphatic carbocycles. The van der Waals surface area contributed by atoms with Crippen molar-refractivity contribution >= 4 is 61.3 Å². The summed E-state index contributed by atoms with van der Waals surface area (Å²) in [6, 6.07) is 6.58. The molecule has 0 bridgehead atoms. The van der Waals surface area contributed by atoms with E-state index in [1.807, 2.05) is 0 Å². The van der Waals surface area contributed by atoms with Crippen LogP contribution in [0.5, 0.6) is 5.75 Å². The second-order valence-corrected chi connectivity index (χ2v) is 13.0. The molecule has 39 heavy (non-hydrogen) atoms. The maximum Gasteiger partial charge on any atom is 0.573 e. The van der Waals surface area contributed by atoms with Gasteiger partial charge in [0, 0.05) is 3.57 Å². The van der Waals surface area contributed by atoms with Crippen LogP contribution < -0.4 is 9.04 Å². The summed E-state index contributed by atoms with van der Waals surface area (Å²) in [5.74, 6) is -1.87. The van der Waals surface area contributed by atoms with Crippen molar-refractivity contribution in [2.24, 2.45) is 0 Å². The predicted molar refractivity (Wildman–Crippen MR) is 143 cm³/mol. The van der Waals surface area contributed by atoms with Crippen molar-refractivity contribution in [3.8, 4) is 5.75 Å². The first-order chi connectivity index (χ1) is 17.7. The second kappa shape index (κ2) is 10.5. The van der Waals surface area contributed by atoms with Crippen LogP contribution in [0.2, 0.25) is 0 Å². The molecule has 2 aromatic carbocycles. The van der Waals surface area contributed by atoms with Crippen molar-refractivity contribution in [1.29, 1.82) is 0 Å². The fraction of sp³-hybridized carbons (Fsp3) is 0.375. The molecule has 0 fully saturated rings. The lowest BCUT2D eigenvalue weighted by Crippen LogP contribution is -2.41. The van der Waals surface area contributed by atoms with Crippen LogP contribution in [-0.2, 0) is 19.5 Å². The highest BCUT2D eigenvalue weighted by Gasteiger charge is 2.41. The Labute approximate surface area is 236 Å². The number of sulfonamides is 1. The number of aromatic amines is 1. The number of carbonyl (C=O) groups is 2. The molecular weight excluding hydrogens is 658 g/mol. The van der Waals surface area contributed by atoms with Gasteiger partial charge < -0.3 is 14.2 Å². The molecule has 10 nitrogen and oxygen atoms in total. The number of nitrogens with one attached hydrogen (secondary N) is 1. The van der Waals surface area contributed by atoms with Crippen molar-refractivity contribution in [3.63, 3.8) is 0 Å². The Morgan fingerprint density at radius 3 is 2.10 bits per heavy atom. The summed E-state index contributed by atoms with van der Waals surface area (Å²) in [5.41, 5.74) is -2.23. The number of aromatic nitrogens is 2. The molecule has 3 rings (SSSR count). The van der Waals surface area contributed by atoms with Gasteiger partial charge in [0.1, 0.15) is 21.8 Å². The minimum Gasteiger partial charge on any atom is -0.455 e. The maximum absolute atomic E-state index is 13.9. The molecule has 1 heterocycles. The summed E-state index contributed by atoms with van der Waals surface area (Å²) in [6.07, 6.45) is -6.61. The number of para-hydroxylation sites is 1. The molecule has 1 amide bonds. The number of amides is 1. The summed E-state index contributed by atoms with van der Waals surface area (Å²) in [6.45, 7) is 9.40. The smallest absolute Gasteiger partial charge is 0.455 e. The van der Waals surface area contributed by atoms with Crippen molar-refractivity contribution in [3.05, 3.63) is 45.7 Å². The number of fused-ring (bicyclic) bond motifs is 1. The summed E-state index contributed by atoms with van der Waals surface area (Å²) in [5, 5.41) is 6.77. The number of anilines is 1. The van der Waals surface area contributed by atoms with Gasteiger partial charge in [-0.3, -0.25) is 5.10 Å². The highest BCUT2D eigenvalue weighted by atomic mass is 127. The number of hydrogen-bond acceptors (Lipinski definition) is 8. The number of carbonyl (C=O) groups excluding carboxylic acids is 2. The highest BCUT2D eigenvalue weighted by molar-refractivity contribution is 14.1. The maximum atomic E-state index is 13.9. The average molecular weight is 683 g/mol. The van der Waals surface area contributed by atoms with E-state index in [1.54, 1.807) is 43.4 Å². The van der Waals surface area contributed by atoms with E-state index in [0.717, 1.165) is 18.2 Å². The Morgan fingerprint density at radius 2 is 1.54 bits per heavy atom. The number of esters is 1. The first-order valence-electron chi connectivity index (χ1n) is 11.2. The van der Waals surface area contributed by atoms with Gasteiger partial charge in [-0.1, -0.05) is 12.1 Å². The van der Waals surface area contributed by atoms with E-state index >= 15 is 0 Å². The lowest BCUT2D eigenvalue weighted by atomic mass is 10.1. The van der Waals surface area contributed by atoms with E-state index < -0.39 is 50.3 Å². The third-order valence-electron chi connectivity index (χ3n) is 4.61.